The lowest BCUT2D eigenvalue weighted by molar-refractivity contribution is 0.0996. The Bertz CT molecular complexity index is 559. The van der Waals surface area contributed by atoms with Crippen molar-refractivity contribution in [3.8, 4) is 0 Å². The van der Waals surface area contributed by atoms with Crippen molar-refractivity contribution in [2.24, 2.45) is 0 Å². The molecule has 0 saturated carbocycles. The van der Waals surface area contributed by atoms with Crippen molar-refractivity contribution in [2.45, 2.75) is 51.2 Å². The van der Waals surface area contributed by atoms with Crippen molar-refractivity contribution in [1.82, 2.24) is 5.32 Å². The van der Waals surface area contributed by atoms with Crippen LogP contribution < -0.4 is 5.32 Å². The van der Waals surface area contributed by atoms with Crippen molar-refractivity contribution in [3.63, 3.8) is 0 Å². The number of rotatable bonds is 7. The van der Waals surface area contributed by atoms with Gasteiger partial charge in [0.05, 0.1) is 6.10 Å². The highest BCUT2D eigenvalue weighted by Crippen LogP contribution is 2.27. The van der Waals surface area contributed by atoms with E-state index in [0.29, 0.717) is 12.1 Å². The molecule has 0 spiro atoms. The summed E-state index contributed by atoms with van der Waals surface area (Å²) in [7, 11) is 0. The second-order valence-electron chi connectivity index (χ2n) is 5.93. The van der Waals surface area contributed by atoms with Crippen LogP contribution in [0.5, 0.6) is 0 Å². The van der Waals surface area contributed by atoms with Gasteiger partial charge in [0.15, 0.2) is 0 Å². The van der Waals surface area contributed by atoms with Crippen LogP contribution in [0, 0.1) is 0 Å². The molecule has 1 aliphatic heterocycles. The van der Waals surface area contributed by atoms with Crippen LogP contribution in [0.2, 0.25) is 0 Å². The molecule has 1 aromatic heterocycles. The maximum absolute atomic E-state index is 5.76. The smallest absolute Gasteiger partial charge is 0.0576 e. The zero-order chi connectivity index (χ0) is 14.5. The van der Waals surface area contributed by atoms with Gasteiger partial charge in [-0.15, -0.1) is 11.3 Å². The summed E-state index contributed by atoms with van der Waals surface area (Å²) < 4.78 is 7.17. The number of ether oxygens (including phenoxy) is 1. The third kappa shape index (κ3) is 3.85. The zero-order valence-corrected chi connectivity index (χ0v) is 13.6. The number of nitrogens with one attached hydrogen (secondary N) is 1. The van der Waals surface area contributed by atoms with Gasteiger partial charge in [0.25, 0.3) is 0 Å². The van der Waals surface area contributed by atoms with Gasteiger partial charge < -0.3 is 10.1 Å². The lowest BCUT2D eigenvalue weighted by atomic mass is 9.99. The maximum atomic E-state index is 5.76. The van der Waals surface area contributed by atoms with Crippen LogP contribution in [0.4, 0.5) is 0 Å². The first-order valence-corrected chi connectivity index (χ1v) is 9.05. The Morgan fingerprint density at radius 3 is 3.10 bits per heavy atom. The molecule has 1 aromatic carbocycles. The number of likely N-dealkylation sites (N-methyl/N-ethyl adjacent to an activating group) is 1. The van der Waals surface area contributed by atoms with E-state index in [2.05, 4.69) is 41.9 Å². The second kappa shape index (κ2) is 7.39. The molecule has 2 atom stereocenters. The molecule has 114 valence electrons. The van der Waals surface area contributed by atoms with Gasteiger partial charge in [0.2, 0.25) is 0 Å². The average molecular weight is 303 g/mol. The number of thiophene rings is 1. The predicted molar refractivity (Wildman–Crippen MR) is 91.2 cm³/mol. The lowest BCUT2D eigenvalue weighted by Crippen LogP contribution is -2.31. The summed E-state index contributed by atoms with van der Waals surface area (Å²) in [6.07, 6.45) is 6.53. The van der Waals surface area contributed by atoms with E-state index in [1.54, 1.807) is 0 Å². The van der Waals surface area contributed by atoms with Gasteiger partial charge in [-0.25, -0.2) is 0 Å². The van der Waals surface area contributed by atoms with Gasteiger partial charge in [-0.2, -0.15) is 0 Å². The van der Waals surface area contributed by atoms with Crippen LogP contribution in [0.3, 0.4) is 0 Å². The van der Waals surface area contributed by atoms with E-state index in [1.807, 2.05) is 11.3 Å². The first-order valence-electron chi connectivity index (χ1n) is 8.17. The van der Waals surface area contributed by atoms with Crippen molar-refractivity contribution in [2.75, 3.05) is 13.2 Å². The summed E-state index contributed by atoms with van der Waals surface area (Å²) in [4.78, 5) is 0. The van der Waals surface area contributed by atoms with Crippen LogP contribution >= 0.6 is 11.3 Å². The first kappa shape index (κ1) is 15.0. The molecule has 2 unspecified atom stereocenters. The van der Waals surface area contributed by atoms with E-state index in [0.717, 1.165) is 19.6 Å². The molecule has 0 aliphatic carbocycles. The molecular weight excluding hydrogens is 278 g/mol. The summed E-state index contributed by atoms with van der Waals surface area (Å²) in [5.74, 6) is 0. The van der Waals surface area contributed by atoms with Gasteiger partial charge in [-0.05, 0) is 61.0 Å². The van der Waals surface area contributed by atoms with Crippen LogP contribution in [-0.2, 0) is 11.2 Å². The minimum atomic E-state index is 0.505. The van der Waals surface area contributed by atoms with Crippen LogP contribution in [-0.4, -0.2) is 25.3 Å². The molecule has 0 bridgehead atoms. The standard InChI is InChI=1S/C18H25NOS/c1-2-19-15(9-10-16-6-5-11-20-16)12-14-13-21-18-8-4-3-7-17(14)18/h3-4,7-8,13,15-16,19H,2,5-6,9-12H2,1H3. The summed E-state index contributed by atoms with van der Waals surface area (Å²) in [6.45, 7) is 4.20. The summed E-state index contributed by atoms with van der Waals surface area (Å²) in [6, 6.07) is 9.31. The zero-order valence-electron chi connectivity index (χ0n) is 12.8. The Labute approximate surface area is 131 Å². The highest BCUT2D eigenvalue weighted by Gasteiger charge is 2.18. The highest BCUT2D eigenvalue weighted by atomic mass is 32.1. The van der Waals surface area contributed by atoms with E-state index in [4.69, 9.17) is 4.74 Å². The molecule has 1 saturated heterocycles. The normalized spacial score (nSPS) is 20.1. The maximum Gasteiger partial charge on any atom is 0.0576 e. The Hall–Kier alpha value is -0.900. The first-order chi connectivity index (χ1) is 10.4. The van der Waals surface area contributed by atoms with E-state index in [1.165, 1.54) is 41.3 Å². The quantitative estimate of drug-likeness (QED) is 0.819. The summed E-state index contributed by atoms with van der Waals surface area (Å²) >= 11 is 1.86. The minimum absolute atomic E-state index is 0.505. The number of hydrogen-bond acceptors (Lipinski definition) is 3. The topological polar surface area (TPSA) is 21.3 Å². The molecule has 1 fully saturated rings. The summed E-state index contributed by atoms with van der Waals surface area (Å²) in [5, 5.41) is 7.43. The molecule has 1 aliphatic rings. The number of hydrogen-bond donors (Lipinski definition) is 1. The molecule has 1 N–H and O–H groups in total. The fourth-order valence-corrected chi connectivity index (χ4v) is 4.26. The monoisotopic (exact) mass is 303 g/mol. The predicted octanol–water partition coefficient (Wildman–Crippen LogP) is 4.38. The van der Waals surface area contributed by atoms with Crippen LogP contribution in [0.15, 0.2) is 29.6 Å². The Kier molecular flexibility index (Phi) is 5.28. The number of benzene rings is 1. The molecule has 2 aromatic rings. The molecule has 2 nitrogen and oxygen atoms in total. The molecule has 3 rings (SSSR count). The van der Waals surface area contributed by atoms with Gasteiger partial charge in [0.1, 0.15) is 0 Å². The molecule has 3 heteroatoms. The molecule has 2 heterocycles. The van der Waals surface area contributed by atoms with Crippen molar-refractivity contribution in [1.29, 1.82) is 0 Å². The third-order valence-corrected chi connectivity index (χ3v) is 5.39. The van der Waals surface area contributed by atoms with E-state index in [-0.39, 0.29) is 0 Å². The Morgan fingerprint density at radius 2 is 2.29 bits per heavy atom. The van der Waals surface area contributed by atoms with Crippen LogP contribution in [0.25, 0.3) is 10.1 Å². The molecule has 0 radical (unpaired) electrons. The van der Waals surface area contributed by atoms with Crippen molar-refractivity contribution < 1.29 is 4.74 Å². The van der Waals surface area contributed by atoms with Crippen LogP contribution in [0.1, 0.15) is 38.2 Å². The molecule has 0 amide bonds. The van der Waals surface area contributed by atoms with Gasteiger partial charge in [-0.1, -0.05) is 25.1 Å². The summed E-state index contributed by atoms with van der Waals surface area (Å²) in [5.41, 5.74) is 1.49. The Morgan fingerprint density at radius 1 is 1.38 bits per heavy atom. The van der Waals surface area contributed by atoms with Gasteiger partial charge in [-0.3, -0.25) is 0 Å². The number of fused-ring (bicyclic) bond motifs is 1. The SMILES string of the molecule is CCNC(CCC1CCCO1)Cc1csc2ccccc12. The fourth-order valence-electron chi connectivity index (χ4n) is 3.28. The second-order valence-corrected chi connectivity index (χ2v) is 6.84. The Balaban J connectivity index is 1.63. The van der Waals surface area contributed by atoms with E-state index in [9.17, 15) is 0 Å². The van der Waals surface area contributed by atoms with Crippen molar-refractivity contribution in [3.05, 3.63) is 35.2 Å². The van der Waals surface area contributed by atoms with E-state index >= 15 is 0 Å². The van der Waals surface area contributed by atoms with E-state index < -0.39 is 0 Å². The van der Waals surface area contributed by atoms with Gasteiger partial charge >= 0.3 is 0 Å². The lowest BCUT2D eigenvalue weighted by Gasteiger charge is -2.19. The minimum Gasteiger partial charge on any atom is -0.378 e. The van der Waals surface area contributed by atoms with Crippen molar-refractivity contribution >= 4 is 21.4 Å². The largest absolute Gasteiger partial charge is 0.378 e. The molecular formula is C18H25NOS. The molecule has 21 heavy (non-hydrogen) atoms. The third-order valence-electron chi connectivity index (χ3n) is 4.38. The fraction of sp³-hybridized carbons (Fsp3) is 0.556. The van der Waals surface area contributed by atoms with Gasteiger partial charge in [0, 0.05) is 17.3 Å². The average Bonchev–Trinajstić information content (AvgIpc) is 3.15. The highest BCUT2D eigenvalue weighted by molar-refractivity contribution is 7.17.